The van der Waals surface area contributed by atoms with Gasteiger partial charge in [0.05, 0.1) is 0 Å². The van der Waals surface area contributed by atoms with Crippen LogP contribution >= 0.6 is 15.9 Å². The second-order valence-electron chi connectivity index (χ2n) is 3.23. The summed E-state index contributed by atoms with van der Waals surface area (Å²) in [6, 6.07) is 8.70. The van der Waals surface area contributed by atoms with E-state index in [0.29, 0.717) is 4.83 Å². The molecule has 11 heavy (non-hydrogen) atoms. The Hall–Kier alpha value is -0.300. The number of hydrogen-bond donors (Lipinski definition) is 0. The van der Waals surface area contributed by atoms with Crippen LogP contribution in [0.1, 0.15) is 35.2 Å². The topological polar surface area (TPSA) is 0 Å². The summed E-state index contributed by atoms with van der Waals surface area (Å²) in [7, 11) is 0. The zero-order chi connectivity index (χ0) is 7.84. The van der Waals surface area contributed by atoms with Crippen molar-refractivity contribution in [1.82, 2.24) is 0 Å². The van der Waals surface area contributed by atoms with Crippen LogP contribution in [0.5, 0.6) is 0 Å². The van der Waals surface area contributed by atoms with Gasteiger partial charge in [0.15, 0.2) is 0 Å². The second kappa shape index (κ2) is 2.63. The lowest BCUT2D eigenvalue weighted by atomic mass is 10.0. The molecule has 1 aromatic rings. The minimum absolute atomic E-state index is 0.591. The fourth-order valence-electron chi connectivity index (χ4n) is 1.81. The second-order valence-corrected chi connectivity index (χ2v) is 4.34. The first-order valence-electron chi connectivity index (χ1n) is 4.02. The molecule has 1 aromatic carbocycles. The highest BCUT2D eigenvalue weighted by Crippen LogP contribution is 2.44. The molecule has 0 radical (unpaired) electrons. The van der Waals surface area contributed by atoms with Gasteiger partial charge in [0.25, 0.3) is 0 Å². The van der Waals surface area contributed by atoms with Crippen molar-refractivity contribution in [1.29, 1.82) is 0 Å². The van der Waals surface area contributed by atoms with E-state index in [2.05, 4.69) is 47.1 Å². The highest BCUT2D eigenvalue weighted by atomic mass is 79.9. The number of rotatable bonds is 0. The van der Waals surface area contributed by atoms with Gasteiger partial charge in [0.1, 0.15) is 0 Å². The Labute approximate surface area is 75.8 Å². The van der Waals surface area contributed by atoms with Crippen molar-refractivity contribution >= 4 is 15.9 Å². The molecule has 0 aromatic heterocycles. The van der Waals surface area contributed by atoms with Crippen molar-refractivity contribution in [3.8, 4) is 0 Å². The Kier molecular flexibility index (Phi) is 1.76. The number of benzene rings is 1. The van der Waals surface area contributed by atoms with E-state index in [-0.39, 0.29) is 0 Å². The highest BCUT2D eigenvalue weighted by molar-refractivity contribution is 9.09. The Morgan fingerprint density at radius 2 is 1.91 bits per heavy atom. The Balaban J connectivity index is 2.52. The summed E-state index contributed by atoms with van der Waals surface area (Å²) in [5.74, 6) is 0.732. The first-order chi connectivity index (χ1) is 5.29. The SMILES string of the molecule is C[C@@H]1C[C@H](Br)c2ccccc21. The molecule has 0 N–H and O–H groups in total. The van der Waals surface area contributed by atoms with Crippen LogP contribution in [0, 0.1) is 0 Å². The third kappa shape index (κ3) is 1.12. The lowest BCUT2D eigenvalue weighted by Gasteiger charge is -2.01. The number of halogens is 1. The third-order valence-electron chi connectivity index (χ3n) is 2.42. The maximum Gasteiger partial charge on any atom is 0.0403 e. The van der Waals surface area contributed by atoms with Crippen LogP contribution in [0.25, 0.3) is 0 Å². The minimum atomic E-state index is 0.591. The molecule has 0 spiro atoms. The van der Waals surface area contributed by atoms with Crippen LogP contribution in [-0.4, -0.2) is 0 Å². The molecule has 0 aliphatic heterocycles. The molecule has 0 bridgehead atoms. The maximum atomic E-state index is 3.68. The van der Waals surface area contributed by atoms with E-state index in [0.717, 1.165) is 5.92 Å². The molecular formula is C10H11Br. The van der Waals surface area contributed by atoms with Crippen molar-refractivity contribution in [2.45, 2.75) is 24.1 Å². The summed E-state index contributed by atoms with van der Waals surface area (Å²) in [6.07, 6.45) is 1.25. The predicted molar refractivity (Wildman–Crippen MR) is 51.1 cm³/mol. The van der Waals surface area contributed by atoms with Gasteiger partial charge in [-0.25, -0.2) is 0 Å². The highest BCUT2D eigenvalue weighted by Gasteiger charge is 2.24. The van der Waals surface area contributed by atoms with Crippen molar-refractivity contribution in [3.05, 3.63) is 35.4 Å². The summed E-state index contributed by atoms with van der Waals surface area (Å²) in [5.41, 5.74) is 3.01. The van der Waals surface area contributed by atoms with Crippen LogP contribution < -0.4 is 0 Å². The van der Waals surface area contributed by atoms with Crippen molar-refractivity contribution < 1.29 is 0 Å². The van der Waals surface area contributed by atoms with E-state index in [9.17, 15) is 0 Å². The Morgan fingerprint density at radius 3 is 2.55 bits per heavy atom. The lowest BCUT2D eigenvalue weighted by molar-refractivity contribution is 0.743. The largest absolute Gasteiger partial charge is 0.0838 e. The summed E-state index contributed by atoms with van der Waals surface area (Å²) in [5, 5.41) is 0. The van der Waals surface area contributed by atoms with Gasteiger partial charge in [0.2, 0.25) is 0 Å². The molecule has 0 heterocycles. The van der Waals surface area contributed by atoms with Gasteiger partial charge in [-0.15, -0.1) is 0 Å². The quantitative estimate of drug-likeness (QED) is 0.575. The molecular weight excluding hydrogens is 200 g/mol. The van der Waals surface area contributed by atoms with Gasteiger partial charge >= 0.3 is 0 Å². The van der Waals surface area contributed by atoms with E-state index < -0.39 is 0 Å². The van der Waals surface area contributed by atoms with Crippen molar-refractivity contribution in [2.24, 2.45) is 0 Å². The van der Waals surface area contributed by atoms with Gasteiger partial charge in [-0.3, -0.25) is 0 Å². The van der Waals surface area contributed by atoms with Gasteiger partial charge < -0.3 is 0 Å². The molecule has 2 rings (SSSR count). The van der Waals surface area contributed by atoms with Crippen LogP contribution in [0.2, 0.25) is 0 Å². The number of alkyl halides is 1. The molecule has 0 nitrogen and oxygen atoms in total. The van der Waals surface area contributed by atoms with E-state index >= 15 is 0 Å². The minimum Gasteiger partial charge on any atom is -0.0838 e. The summed E-state index contributed by atoms with van der Waals surface area (Å²) in [6.45, 7) is 2.29. The first-order valence-corrected chi connectivity index (χ1v) is 4.93. The van der Waals surface area contributed by atoms with Gasteiger partial charge in [-0.1, -0.05) is 47.1 Å². The van der Waals surface area contributed by atoms with E-state index in [1.54, 1.807) is 0 Å². The zero-order valence-corrected chi connectivity index (χ0v) is 8.14. The average Bonchev–Trinajstić information content (AvgIpc) is 2.30. The van der Waals surface area contributed by atoms with Crippen molar-refractivity contribution in [2.75, 3.05) is 0 Å². The maximum absolute atomic E-state index is 3.68. The molecule has 0 fully saturated rings. The molecule has 2 atom stereocenters. The average molecular weight is 211 g/mol. The molecule has 58 valence electrons. The van der Waals surface area contributed by atoms with Gasteiger partial charge in [0, 0.05) is 4.83 Å². The molecule has 0 amide bonds. The van der Waals surface area contributed by atoms with Crippen LogP contribution in [0.4, 0.5) is 0 Å². The van der Waals surface area contributed by atoms with E-state index in [4.69, 9.17) is 0 Å². The molecule has 1 aliphatic rings. The monoisotopic (exact) mass is 210 g/mol. The molecule has 0 unspecified atom stereocenters. The molecule has 1 heteroatoms. The molecule has 0 saturated heterocycles. The van der Waals surface area contributed by atoms with E-state index in [1.165, 1.54) is 17.5 Å². The summed E-state index contributed by atoms with van der Waals surface area (Å²) < 4.78 is 0. The fraction of sp³-hybridized carbons (Fsp3) is 0.400. The normalized spacial score (nSPS) is 28.5. The van der Waals surface area contributed by atoms with Gasteiger partial charge in [-0.05, 0) is 23.5 Å². The zero-order valence-electron chi connectivity index (χ0n) is 6.55. The smallest absolute Gasteiger partial charge is 0.0403 e. The first kappa shape index (κ1) is 7.35. The summed E-state index contributed by atoms with van der Waals surface area (Å²) in [4.78, 5) is 0.591. The fourth-order valence-corrected chi connectivity index (χ4v) is 2.79. The predicted octanol–water partition coefficient (Wildman–Crippen LogP) is 3.63. The van der Waals surface area contributed by atoms with E-state index in [1.807, 2.05) is 0 Å². The third-order valence-corrected chi connectivity index (χ3v) is 3.29. The van der Waals surface area contributed by atoms with Crippen LogP contribution in [0.3, 0.4) is 0 Å². The standard InChI is InChI=1S/C10H11Br/c1-7-6-10(11)9-5-3-2-4-8(7)9/h2-5,7,10H,6H2,1H3/t7-,10+/m1/s1. The number of hydrogen-bond acceptors (Lipinski definition) is 0. The Bertz CT molecular complexity index is 240. The van der Waals surface area contributed by atoms with Crippen LogP contribution in [-0.2, 0) is 0 Å². The lowest BCUT2D eigenvalue weighted by Crippen LogP contribution is -1.83. The number of fused-ring (bicyclic) bond motifs is 1. The van der Waals surface area contributed by atoms with Crippen LogP contribution in [0.15, 0.2) is 24.3 Å². The molecule has 0 saturated carbocycles. The molecule has 1 aliphatic carbocycles. The van der Waals surface area contributed by atoms with Crippen molar-refractivity contribution in [3.63, 3.8) is 0 Å². The summed E-state index contributed by atoms with van der Waals surface area (Å²) >= 11 is 3.68. The Morgan fingerprint density at radius 1 is 1.27 bits per heavy atom. The van der Waals surface area contributed by atoms with Gasteiger partial charge in [-0.2, -0.15) is 0 Å².